The predicted molar refractivity (Wildman–Crippen MR) is 89.7 cm³/mol. The highest BCUT2D eigenvalue weighted by molar-refractivity contribution is 5.93. The first-order valence-corrected chi connectivity index (χ1v) is 7.53. The lowest BCUT2D eigenvalue weighted by Crippen LogP contribution is -2.45. The van der Waals surface area contributed by atoms with Gasteiger partial charge in [-0.05, 0) is 44.9 Å². The number of benzene rings is 1. The van der Waals surface area contributed by atoms with Crippen molar-refractivity contribution in [3.05, 3.63) is 51.4 Å². The van der Waals surface area contributed by atoms with Crippen molar-refractivity contribution in [2.45, 2.75) is 39.7 Å². The fourth-order valence-corrected chi connectivity index (χ4v) is 2.45. The molecule has 0 aliphatic carbocycles. The zero-order chi connectivity index (χ0) is 18.1. The van der Waals surface area contributed by atoms with Gasteiger partial charge in [0.25, 0.3) is 11.5 Å². The van der Waals surface area contributed by atoms with Gasteiger partial charge < -0.3 is 10.4 Å². The van der Waals surface area contributed by atoms with Crippen LogP contribution in [0.2, 0.25) is 0 Å². The van der Waals surface area contributed by atoms with Crippen molar-refractivity contribution in [2.75, 3.05) is 0 Å². The maximum absolute atomic E-state index is 12.3. The zero-order valence-corrected chi connectivity index (χ0v) is 14.1. The lowest BCUT2D eigenvalue weighted by Gasteiger charge is -2.23. The van der Waals surface area contributed by atoms with Crippen LogP contribution in [0.15, 0.2) is 29.1 Å². The van der Waals surface area contributed by atoms with Gasteiger partial charge in [0.15, 0.2) is 0 Å². The number of aryl methyl sites for hydroxylation is 2. The van der Waals surface area contributed by atoms with Crippen molar-refractivity contribution in [1.29, 1.82) is 0 Å². The van der Waals surface area contributed by atoms with Gasteiger partial charge in [0, 0.05) is 11.6 Å². The molecule has 0 bridgehead atoms. The molecule has 0 unspecified atom stereocenters. The average molecular weight is 331 g/mol. The minimum Gasteiger partial charge on any atom is -0.481 e. The van der Waals surface area contributed by atoms with E-state index >= 15 is 0 Å². The van der Waals surface area contributed by atoms with E-state index in [0.717, 1.165) is 11.1 Å². The van der Waals surface area contributed by atoms with Crippen LogP contribution in [0, 0.1) is 13.8 Å². The number of hydrogen-bond acceptors (Lipinski definition) is 3. The molecule has 0 fully saturated rings. The summed E-state index contributed by atoms with van der Waals surface area (Å²) in [7, 11) is 0. The highest BCUT2D eigenvalue weighted by Crippen LogP contribution is 2.14. The molecule has 0 aliphatic rings. The summed E-state index contributed by atoms with van der Waals surface area (Å²) < 4.78 is 1.31. The van der Waals surface area contributed by atoms with E-state index in [-0.39, 0.29) is 17.7 Å². The summed E-state index contributed by atoms with van der Waals surface area (Å²) in [4.78, 5) is 35.3. The quantitative estimate of drug-likeness (QED) is 0.776. The van der Waals surface area contributed by atoms with Crippen LogP contribution >= 0.6 is 0 Å². The van der Waals surface area contributed by atoms with Crippen molar-refractivity contribution in [2.24, 2.45) is 0 Å². The van der Waals surface area contributed by atoms with Crippen molar-refractivity contribution in [1.82, 2.24) is 15.1 Å². The number of aromatic nitrogens is 2. The van der Waals surface area contributed by atoms with Gasteiger partial charge in [0.2, 0.25) is 0 Å². The zero-order valence-electron chi connectivity index (χ0n) is 14.1. The fraction of sp³-hybridized carbons (Fsp3) is 0.353. The number of nitrogens with one attached hydrogen (secondary N) is 2. The Labute approximate surface area is 139 Å². The molecule has 1 amide bonds. The third-order valence-corrected chi connectivity index (χ3v) is 3.62. The normalized spacial score (nSPS) is 11.3. The Hall–Kier alpha value is -2.83. The number of carboxylic acids is 1. The summed E-state index contributed by atoms with van der Waals surface area (Å²) in [6.45, 7) is 7.01. The molecule has 7 heteroatoms. The van der Waals surface area contributed by atoms with Crippen LogP contribution in [-0.4, -0.2) is 32.3 Å². The molecule has 7 nitrogen and oxygen atoms in total. The number of carbonyl (C=O) groups excluding carboxylic acids is 1. The van der Waals surface area contributed by atoms with Gasteiger partial charge in [-0.2, -0.15) is 0 Å². The molecule has 0 aliphatic heterocycles. The van der Waals surface area contributed by atoms with Crippen molar-refractivity contribution < 1.29 is 14.7 Å². The summed E-state index contributed by atoms with van der Waals surface area (Å²) in [5.74, 6) is -1.54. The van der Waals surface area contributed by atoms with Gasteiger partial charge in [-0.1, -0.05) is 12.1 Å². The molecule has 1 aromatic heterocycles. The summed E-state index contributed by atoms with van der Waals surface area (Å²) in [5, 5.41) is 14.3. The molecular weight excluding hydrogens is 310 g/mol. The molecule has 1 aromatic carbocycles. The minimum absolute atomic E-state index is 0.0827. The third-order valence-electron chi connectivity index (χ3n) is 3.62. The number of H-pyrrole nitrogens is 1. The molecule has 2 rings (SSSR count). The molecular formula is C17H21N3O4. The van der Waals surface area contributed by atoms with Gasteiger partial charge in [0.1, 0.15) is 5.69 Å². The Balaban J connectivity index is 2.32. The topological polar surface area (TPSA) is 104 Å². The van der Waals surface area contributed by atoms with Gasteiger partial charge in [-0.25, -0.2) is 4.68 Å². The molecule has 128 valence electrons. The molecule has 24 heavy (non-hydrogen) atoms. The molecule has 0 atom stereocenters. The van der Waals surface area contributed by atoms with E-state index in [1.54, 1.807) is 13.8 Å². The summed E-state index contributed by atoms with van der Waals surface area (Å²) in [6, 6.07) is 6.89. The van der Waals surface area contributed by atoms with E-state index in [2.05, 4.69) is 10.4 Å². The van der Waals surface area contributed by atoms with E-state index < -0.39 is 17.4 Å². The van der Waals surface area contributed by atoms with Crippen LogP contribution in [0.25, 0.3) is 5.69 Å². The maximum Gasteiger partial charge on any atom is 0.305 e. The van der Waals surface area contributed by atoms with E-state index in [0.29, 0.717) is 5.69 Å². The van der Waals surface area contributed by atoms with Crippen LogP contribution in [0.1, 0.15) is 41.9 Å². The molecule has 1 heterocycles. The first kappa shape index (κ1) is 17.5. The van der Waals surface area contributed by atoms with E-state index in [9.17, 15) is 14.4 Å². The van der Waals surface area contributed by atoms with E-state index in [1.807, 2.05) is 32.0 Å². The van der Waals surface area contributed by atoms with Crippen molar-refractivity contribution in [3.8, 4) is 5.69 Å². The first-order valence-electron chi connectivity index (χ1n) is 7.53. The van der Waals surface area contributed by atoms with Crippen LogP contribution in [0.4, 0.5) is 0 Å². The summed E-state index contributed by atoms with van der Waals surface area (Å²) >= 11 is 0. The van der Waals surface area contributed by atoms with Gasteiger partial charge >= 0.3 is 5.97 Å². The molecule has 0 spiro atoms. The number of nitrogens with zero attached hydrogens (tertiary/aromatic N) is 1. The second-order valence-electron chi connectivity index (χ2n) is 6.54. The van der Waals surface area contributed by atoms with E-state index in [4.69, 9.17) is 5.11 Å². The van der Waals surface area contributed by atoms with Gasteiger partial charge in [-0.3, -0.25) is 19.5 Å². The second kappa shape index (κ2) is 6.35. The van der Waals surface area contributed by atoms with Crippen LogP contribution in [-0.2, 0) is 4.79 Å². The Morgan fingerprint density at radius 1 is 1.25 bits per heavy atom. The Morgan fingerprint density at radius 2 is 1.92 bits per heavy atom. The number of amides is 1. The highest BCUT2D eigenvalue weighted by atomic mass is 16.4. The summed E-state index contributed by atoms with van der Waals surface area (Å²) in [5.41, 5.74) is 1.35. The lowest BCUT2D eigenvalue weighted by molar-refractivity contribution is -0.138. The van der Waals surface area contributed by atoms with Gasteiger partial charge in [-0.15, -0.1) is 0 Å². The fourth-order valence-electron chi connectivity index (χ4n) is 2.45. The largest absolute Gasteiger partial charge is 0.481 e. The number of carboxylic acid groups (broad SMARTS) is 1. The van der Waals surface area contributed by atoms with Crippen LogP contribution in [0.3, 0.4) is 0 Å². The molecule has 3 N–H and O–H groups in total. The molecule has 0 radical (unpaired) electrons. The minimum atomic E-state index is -1.01. The van der Waals surface area contributed by atoms with E-state index in [1.165, 1.54) is 10.7 Å². The van der Waals surface area contributed by atoms with Crippen molar-refractivity contribution in [3.63, 3.8) is 0 Å². The number of aromatic amines is 1. The third kappa shape index (κ3) is 3.92. The lowest BCUT2D eigenvalue weighted by atomic mass is 10.0. The molecule has 2 aromatic rings. The number of rotatable bonds is 5. The summed E-state index contributed by atoms with van der Waals surface area (Å²) in [6.07, 6.45) is -0.222. The SMILES string of the molecule is Cc1ccc(C)c(-n2[nH]c(C(=O)NC(C)(C)CC(=O)O)cc2=O)c1. The predicted octanol–water partition coefficient (Wildman–Crippen LogP) is 1.77. The average Bonchev–Trinajstić information content (AvgIpc) is 2.81. The Morgan fingerprint density at radius 3 is 2.54 bits per heavy atom. The smallest absolute Gasteiger partial charge is 0.305 e. The molecule has 0 saturated carbocycles. The first-order chi connectivity index (χ1) is 11.1. The van der Waals surface area contributed by atoms with Crippen molar-refractivity contribution >= 4 is 11.9 Å². The highest BCUT2D eigenvalue weighted by Gasteiger charge is 2.25. The Bertz CT molecular complexity index is 846. The van der Waals surface area contributed by atoms with Crippen LogP contribution in [0.5, 0.6) is 0 Å². The number of carbonyl (C=O) groups is 2. The standard InChI is InChI=1S/C17H21N3O4/c1-10-5-6-11(2)13(7-10)20-14(21)8-12(19-20)16(24)18-17(3,4)9-15(22)23/h5-8,19H,9H2,1-4H3,(H,18,24)(H,22,23). The second-order valence-corrected chi connectivity index (χ2v) is 6.54. The van der Waals surface area contributed by atoms with Crippen LogP contribution < -0.4 is 10.9 Å². The molecule has 0 saturated heterocycles. The van der Waals surface area contributed by atoms with Gasteiger partial charge in [0.05, 0.1) is 12.1 Å². The monoisotopic (exact) mass is 331 g/mol. The number of hydrogen-bond donors (Lipinski definition) is 3. The maximum atomic E-state index is 12.3. The Kier molecular flexibility index (Phi) is 4.64. The number of aliphatic carboxylic acids is 1.